The predicted octanol–water partition coefficient (Wildman–Crippen LogP) is 18.1. The molecule has 0 saturated carbocycles. The summed E-state index contributed by atoms with van der Waals surface area (Å²) in [5.41, 5.74) is 12.3. The van der Waals surface area contributed by atoms with Gasteiger partial charge in [0, 0.05) is 0 Å². The van der Waals surface area contributed by atoms with E-state index in [2.05, 4.69) is 231 Å². The third kappa shape index (κ3) is 5.24. The Morgan fingerprint density at radius 3 is 1.20 bits per heavy atom. The fourth-order valence-electron chi connectivity index (χ4n) is 11.2. The minimum Gasteiger partial charge on any atom is -0.0622 e. The van der Waals surface area contributed by atoms with Crippen molar-refractivity contribution >= 4 is 86.2 Å². The van der Waals surface area contributed by atoms with Crippen molar-refractivity contribution < 1.29 is 0 Å². The highest BCUT2D eigenvalue weighted by molar-refractivity contribution is 6.28. The van der Waals surface area contributed by atoms with Gasteiger partial charge in [-0.15, -0.1) is 0 Å². The van der Waals surface area contributed by atoms with Crippen LogP contribution in [0, 0.1) is 0 Å². The van der Waals surface area contributed by atoms with Crippen LogP contribution < -0.4 is 0 Å². The maximum atomic E-state index is 2.47. The third-order valence-electron chi connectivity index (χ3n) is 14.1. The largest absolute Gasteiger partial charge is 0.0622 e. The molecule has 0 bridgehead atoms. The summed E-state index contributed by atoms with van der Waals surface area (Å²) < 4.78 is 0. The zero-order valence-electron chi connectivity index (χ0n) is 34.9. The molecule has 0 aromatic heterocycles. The van der Waals surface area contributed by atoms with E-state index in [0.717, 1.165) is 0 Å². The van der Waals surface area contributed by atoms with E-state index in [1.165, 1.54) is 142 Å². The Balaban J connectivity index is 1.09. The molecule has 64 heavy (non-hydrogen) atoms. The van der Waals surface area contributed by atoms with Crippen molar-refractivity contribution in [2.24, 2.45) is 0 Å². The van der Waals surface area contributed by atoms with Crippen LogP contribution in [-0.4, -0.2) is 0 Å². The number of hydrogen-bond acceptors (Lipinski definition) is 0. The average Bonchev–Trinajstić information content (AvgIpc) is 3.36. The molecular weight excluding hydrogens is 769 g/mol. The molecule has 14 rings (SSSR count). The van der Waals surface area contributed by atoms with Crippen molar-refractivity contribution in [3.8, 4) is 55.6 Å². The van der Waals surface area contributed by atoms with Gasteiger partial charge in [-0.25, -0.2) is 0 Å². The highest BCUT2D eigenvalue weighted by Gasteiger charge is 2.20. The van der Waals surface area contributed by atoms with E-state index in [-0.39, 0.29) is 0 Å². The SMILES string of the molecule is c1ccc(-c2ccc3c(-c4ccc5ccc6cccc7ccc4c5c67)cc(-c4cc(-c5ccc6ccc7cccc8ccc5c6c78)c5cccc(-c6ccccc6)c5c4)cc3c2)cc1. The van der Waals surface area contributed by atoms with Gasteiger partial charge in [0.2, 0.25) is 0 Å². The Morgan fingerprint density at radius 1 is 0.156 bits per heavy atom. The molecule has 0 heteroatoms. The molecule has 0 heterocycles. The fourth-order valence-corrected chi connectivity index (χ4v) is 11.2. The fraction of sp³-hybridized carbons (Fsp3) is 0. The molecule has 294 valence electrons. The Kier molecular flexibility index (Phi) is 7.49. The van der Waals surface area contributed by atoms with E-state index in [1.807, 2.05) is 0 Å². The molecule has 0 spiro atoms. The quantitative estimate of drug-likeness (QED) is 0.152. The summed E-state index contributed by atoms with van der Waals surface area (Å²) in [5.74, 6) is 0. The molecule has 0 aliphatic heterocycles. The monoisotopic (exact) mass is 806 g/mol. The number of hydrogen-bond donors (Lipinski definition) is 0. The molecule has 0 fully saturated rings. The highest BCUT2D eigenvalue weighted by atomic mass is 14.2. The van der Waals surface area contributed by atoms with E-state index in [0.29, 0.717) is 0 Å². The molecule has 0 radical (unpaired) electrons. The molecule has 14 aromatic rings. The van der Waals surface area contributed by atoms with Gasteiger partial charge in [0.05, 0.1) is 0 Å². The van der Waals surface area contributed by atoms with Gasteiger partial charge in [-0.1, -0.05) is 200 Å². The van der Waals surface area contributed by atoms with Crippen LogP contribution in [0.3, 0.4) is 0 Å². The lowest BCUT2D eigenvalue weighted by molar-refractivity contribution is 1.62. The Bertz CT molecular complexity index is 4130. The Morgan fingerprint density at radius 2 is 0.609 bits per heavy atom. The second kappa shape index (κ2) is 13.6. The summed E-state index contributed by atoms with van der Waals surface area (Å²) in [6.45, 7) is 0. The molecule has 0 atom stereocenters. The van der Waals surface area contributed by atoms with Gasteiger partial charge in [-0.05, 0) is 172 Å². The maximum absolute atomic E-state index is 2.47. The first kappa shape index (κ1) is 35.3. The molecule has 0 amide bonds. The normalized spacial score (nSPS) is 12.1. The van der Waals surface area contributed by atoms with Crippen molar-refractivity contribution in [1.29, 1.82) is 0 Å². The third-order valence-corrected chi connectivity index (χ3v) is 14.1. The lowest BCUT2D eigenvalue weighted by atomic mass is 9.84. The van der Waals surface area contributed by atoms with E-state index in [4.69, 9.17) is 0 Å². The number of benzene rings is 14. The zero-order valence-corrected chi connectivity index (χ0v) is 34.9. The van der Waals surface area contributed by atoms with Crippen molar-refractivity contribution in [2.45, 2.75) is 0 Å². The minimum atomic E-state index is 1.20. The summed E-state index contributed by atoms with van der Waals surface area (Å²) >= 11 is 0. The highest BCUT2D eigenvalue weighted by Crippen LogP contribution is 2.47. The van der Waals surface area contributed by atoms with Crippen LogP contribution in [0.15, 0.2) is 231 Å². The lowest BCUT2D eigenvalue weighted by Crippen LogP contribution is -1.92. The standard InChI is InChI=1S/C64H38/c1-3-10-39(11-4-1)47-28-29-52-50(34-47)35-48(36-59(52)54-30-24-45-22-20-41-14-7-16-43-26-32-56(54)63(45)61(41)43)49-37-58-51(40-12-5-2-6-13-40)18-9-19-53(58)60(38-49)55-31-25-46-23-21-42-15-8-17-44-27-33-57(55)64(46)62(42)44/h1-38H. The zero-order chi connectivity index (χ0) is 41.9. The topological polar surface area (TPSA) is 0 Å². The van der Waals surface area contributed by atoms with Crippen LogP contribution in [0.1, 0.15) is 0 Å². The molecule has 0 N–H and O–H groups in total. The smallest absolute Gasteiger partial charge is 0.00206 e. The van der Waals surface area contributed by atoms with E-state index in [1.54, 1.807) is 0 Å². The lowest BCUT2D eigenvalue weighted by Gasteiger charge is -2.19. The van der Waals surface area contributed by atoms with Crippen LogP contribution in [0.4, 0.5) is 0 Å². The van der Waals surface area contributed by atoms with Crippen molar-refractivity contribution in [2.75, 3.05) is 0 Å². The molecular formula is C64H38. The van der Waals surface area contributed by atoms with Crippen LogP contribution >= 0.6 is 0 Å². The average molecular weight is 807 g/mol. The predicted molar refractivity (Wildman–Crippen MR) is 276 cm³/mol. The van der Waals surface area contributed by atoms with E-state index >= 15 is 0 Å². The van der Waals surface area contributed by atoms with Gasteiger partial charge >= 0.3 is 0 Å². The maximum Gasteiger partial charge on any atom is -0.00206 e. The summed E-state index contributed by atoms with van der Waals surface area (Å²) in [5, 5.41) is 20.5. The van der Waals surface area contributed by atoms with Crippen LogP contribution in [0.25, 0.3) is 142 Å². The molecule has 0 aliphatic carbocycles. The Hall–Kier alpha value is -8.32. The summed E-state index contributed by atoms with van der Waals surface area (Å²) in [4.78, 5) is 0. The molecule has 0 unspecified atom stereocenters. The van der Waals surface area contributed by atoms with Crippen molar-refractivity contribution in [3.05, 3.63) is 231 Å². The van der Waals surface area contributed by atoms with Gasteiger partial charge in [-0.2, -0.15) is 0 Å². The van der Waals surface area contributed by atoms with Crippen LogP contribution in [-0.2, 0) is 0 Å². The van der Waals surface area contributed by atoms with Gasteiger partial charge in [0.1, 0.15) is 0 Å². The molecule has 0 aliphatic rings. The molecule has 14 aromatic carbocycles. The summed E-state index contributed by atoms with van der Waals surface area (Å²) in [6, 6.07) is 86.5. The summed E-state index contributed by atoms with van der Waals surface area (Å²) in [6.07, 6.45) is 0. The molecule has 0 saturated heterocycles. The van der Waals surface area contributed by atoms with Crippen LogP contribution in [0.2, 0.25) is 0 Å². The first-order chi connectivity index (χ1) is 31.7. The van der Waals surface area contributed by atoms with E-state index < -0.39 is 0 Å². The van der Waals surface area contributed by atoms with Gasteiger partial charge in [0.15, 0.2) is 0 Å². The minimum absolute atomic E-state index is 1.20. The first-order valence-electron chi connectivity index (χ1n) is 22.3. The number of rotatable bonds is 5. The second-order valence-electron chi connectivity index (χ2n) is 17.6. The molecule has 0 nitrogen and oxygen atoms in total. The second-order valence-corrected chi connectivity index (χ2v) is 17.6. The van der Waals surface area contributed by atoms with Gasteiger partial charge in [0.25, 0.3) is 0 Å². The van der Waals surface area contributed by atoms with Crippen LogP contribution in [0.5, 0.6) is 0 Å². The van der Waals surface area contributed by atoms with Gasteiger partial charge < -0.3 is 0 Å². The van der Waals surface area contributed by atoms with E-state index in [9.17, 15) is 0 Å². The summed E-state index contributed by atoms with van der Waals surface area (Å²) in [7, 11) is 0. The first-order valence-corrected chi connectivity index (χ1v) is 22.3. The van der Waals surface area contributed by atoms with Crippen molar-refractivity contribution in [1.82, 2.24) is 0 Å². The Labute approximate surface area is 370 Å². The van der Waals surface area contributed by atoms with Gasteiger partial charge in [-0.3, -0.25) is 0 Å². The number of fused-ring (bicyclic) bond motifs is 2. The van der Waals surface area contributed by atoms with Crippen molar-refractivity contribution in [3.63, 3.8) is 0 Å².